The molecule has 0 fully saturated rings. The number of allylic oxidation sites excluding steroid dienone is 2. The number of hydrogen-bond acceptors (Lipinski definition) is 3. The number of carbonyl (C=O) groups is 1. The number of alkyl halides is 2. The molecule has 1 atom stereocenters. The molecule has 6 heteroatoms. The number of nitrogens with zero attached hydrogens (tertiary/aromatic N) is 1. The molecular formula is C21H24F2N2O2. The molecule has 144 valence electrons. The summed E-state index contributed by atoms with van der Waals surface area (Å²) in [6, 6.07) is 5.51. The van der Waals surface area contributed by atoms with E-state index in [1.54, 1.807) is 18.2 Å². The van der Waals surface area contributed by atoms with Crippen molar-refractivity contribution in [3.05, 3.63) is 65.8 Å². The normalized spacial score (nSPS) is 12.2. The maximum Gasteiger partial charge on any atom is 0.265 e. The van der Waals surface area contributed by atoms with Crippen molar-refractivity contribution in [2.75, 3.05) is 6.54 Å². The maximum atomic E-state index is 13.1. The van der Waals surface area contributed by atoms with Crippen molar-refractivity contribution in [2.45, 2.75) is 39.2 Å². The smallest absolute Gasteiger partial charge is 0.265 e. The van der Waals surface area contributed by atoms with Crippen LogP contribution in [0.15, 0.2) is 54.7 Å². The van der Waals surface area contributed by atoms with E-state index in [2.05, 4.69) is 18.5 Å². The van der Waals surface area contributed by atoms with Crippen LogP contribution in [0.5, 0.6) is 5.75 Å². The van der Waals surface area contributed by atoms with Crippen LogP contribution in [-0.4, -0.2) is 18.6 Å². The summed E-state index contributed by atoms with van der Waals surface area (Å²) in [6.07, 6.45) is 0.828. The molecule has 0 spiro atoms. The van der Waals surface area contributed by atoms with Crippen molar-refractivity contribution in [3.63, 3.8) is 0 Å². The summed E-state index contributed by atoms with van der Waals surface area (Å²) in [7, 11) is 0. The summed E-state index contributed by atoms with van der Waals surface area (Å²) in [4.78, 5) is 12.5. The zero-order chi connectivity index (χ0) is 20.4. The number of hydrogen-bond donors (Lipinski definition) is 1. The molecule has 1 aromatic carbocycles. The molecule has 0 aromatic heterocycles. The van der Waals surface area contributed by atoms with Gasteiger partial charge in [-0.3, -0.25) is 4.79 Å². The van der Waals surface area contributed by atoms with Gasteiger partial charge in [0.15, 0.2) is 6.10 Å². The van der Waals surface area contributed by atoms with E-state index in [4.69, 9.17) is 10.00 Å². The lowest BCUT2D eigenvalue weighted by molar-refractivity contribution is -0.128. The van der Waals surface area contributed by atoms with Crippen LogP contribution in [0.2, 0.25) is 0 Å². The van der Waals surface area contributed by atoms with Gasteiger partial charge < -0.3 is 10.1 Å². The first-order valence-electron chi connectivity index (χ1n) is 8.58. The number of nitriles is 1. The molecule has 27 heavy (non-hydrogen) atoms. The molecular weight excluding hydrogens is 350 g/mol. The van der Waals surface area contributed by atoms with Gasteiger partial charge in [0.25, 0.3) is 12.3 Å². The van der Waals surface area contributed by atoms with Gasteiger partial charge >= 0.3 is 0 Å². The Bertz CT molecular complexity index is 764. The third kappa shape index (κ3) is 6.70. The van der Waals surface area contributed by atoms with Crippen LogP contribution >= 0.6 is 0 Å². The molecule has 0 saturated heterocycles. The zero-order valence-corrected chi connectivity index (χ0v) is 15.6. The number of rotatable bonds is 10. The summed E-state index contributed by atoms with van der Waals surface area (Å²) in [5, 5.41) is 11.7. The Labute approximate surface area is 158 Å². The van der Waals surface area contributed by atoms with Gasteiger partial charge in [-0.05, 0) is 37.1 Å². The fraction of sp³-hybridized carbons (Fsp3) is 0.333. The summed E-state index contributed by atoms with van der Waals surface area (Å²) >= 11 is 0. The standard InChI is InChI=1S/C21H24F2N2O2/c1-5-7-16(14(3)4)13-25-21(26)19(8-6-2)27-17-10-9-15(12-24)18(11-17)20(22)23/h5,7,9-11,19-20H,1,3,6,8,13H2,2,4H3,(H,25,26)/b16-7-. The molecule has 0 radical (unpaired) electrons. The van der Waals surface area contributed by atoms with E-state index >= 15 is 0 Å². The van der Waals surface area contributed by atoms with Gasteiger partial charge in [-0.25, -0.2) is 8.78 Å². The molecule has 1 N–H and O–H groups in total. The van der Waals surface area contributed by atoms with Crippen molar-refractivity contribution in [1.82, 2.24) is 5.32 Å². The lowest BCUT2D eigenvalue weighted by Crippen LogP contribution is -2.39. The lowest BCUT2D eigenvalue weighted by atomic mass is 10.1. The van der Waals surface area contributed by atoms with Gasteiger partial charge in [-0.2, -0.15) is 5.26 Å². The molecule has 1 aromatic rings. The van der Waals surface area contributed by atoms with Gasteiger partial charge in [0.05, 0.1) is 11.6 Å². The molecule has 1 amide bonds. The third-order valence-electron chi connectivity index (χ3n) is 3.82. The molecule has 0 saturated carbocycles. The topological polar surface area (TPSA) is 62.1 Å². The molecule has 1 rings (SSSR count). The maximum absolute atomic E-state index is 13.1. The first-order chi connectivity index (χ1) is 12.8. The van der Waals surface area contributed by atoms with Gasteiger partial charge in [-0.15, -0.1) is 0 Å². The summed E-state index contributed by atoms with van der Waals surface area (Å²) < 4.78 is 31.8. The first-order valence-corrected chi connectivity index (χ1v) is 8.58. The minimum absolute atomic E-state index is 0.116. The highest BCUT2D eigenvalue weighted by Crippen LogP contribution is 2.27. The Morgan fingerprint density at radius 2 is 2.15 bits per heavy atom. The van der Waals surface area contributed by atoms with Crippen LogP contribution < -0.4 is 10.1 Å². The highest BCUT2D eigenvalue weighted by Gasteiger charge is 2.21. The largest absolute Gasteiger partial charge is 0.481 e. The number of benzene rings is 1. The second-order valence-electron chi connectivity index (χ2n) is 5.98. The quantitative estimate of drug-likeness (QED) is 0.596. The van der Waals surface area contributed by atoms with Crippen molar-refractivity contribution < 1.29 is 18.3 Å². The number of nitrogens with one attached hydrogen (secondary N) is 1. The van der Waals surface area contributed by atoms with E-state index in [-0.39, 0.29) is 23.8 Å². The predicted octanol–water partition coefficient (Wildman–Crippen LogP) is 4.85. The SMILES string of the molecule is C=C/C=C(/CNC(=O)C(CCC)Oc1ccc(C#N)c(C(F)F)c1)C(=C)C. The van der Waals surface area contributed by atoms with Crippen LogP contribution in [0.1, 0.15) is 44.2 Å². The van der Waals surface area contributed by atoms with Gasteiger partial charge in [0, 0.05) is 12.1 Å². The minimum atomic E-state index is -2.80. The van der Waals surface area contributed by atoms with Crippen LogP contribution in [0.3, 0.4) is 0 Å². The van der Waals surface area contributed by atoms with Crippen molar-refractivity contribution in [2.24, 2.45) is 0 Å². The minimum Gasteiger partial charge on any atom is -0.481 e. The number of amides is 1. The van der Waals surface area contributed by atoms with Crippen LogP contribution in [0, 0.1) is 11.3 Å². The van der Waals surface area contributed by atoms with Gasteiger partial charge in [0.2, 0.25) is 0 Å². The molecule has 4 nitrogen and oxygen atoms in total. The Kier molecular flexibility index (Phi) is 8.94. The summed E-state index contributed by atoms with van der Waals surface area (Å²) in [5.41, 5.74) is 1.10. The fourth-order valence-electron chi connectivity index (χ4n) is 2.36. The van der Waals surface area contributed by atoms with Crippen molar-refractivity contribution in [1.29, 1.82) is 5.26 Å². The number of halogens is 2. The molecule has 0 aliphatic rings. The lowest BCUT2D eigenvalue weighted by Gasteiger charge is -2.19. The highest BCUT2D eigenvalue weighted by atomic mass is 19.3. The van der Waals surface area contributed by atoms with E-state index in [1.165, 1.54) is 12.1 Å². The van der Waals surface area contributed by atoms with Crippen molar-refractivity contribution in [3.8, 4) is 11.8 Å². The average molecular weight is 374 g/mol. The van der Waals surface area contributed by atoms with E-state index in [0.29, 0.717) is 12.8 Å². The molecule has 0 aliphatic carbocycles. The van der Waals surface area contributed by atoms with Gasteiger partial charge in [-0.1, -0.05) is 44.2 Å². The second kappa shape index (κ2) is 10.9. The van der Waals surface area contributed by atoms with E-state index < -0.39 is 18.1 Å². The van der Waals surface area contributed by atoms with E-state index in [0.717, 1.165) is 17.2 Å². The van der Waals surface area contributed by atoms with E-state index in [9.17, 15) is 13.6 Å². The van der Waals surface area contributed by atoms with Crippen LogP contribution in [-0.2, 0) is 4.79 Å². The van der Waals surface area contributed by atoms with Crippen LogP contribution in [0.25, 0.3) is 0 Å². The summed E-state index contributed by atoms with van der Waals surface area (Å²) in [6.45, 7) is 11.5. The van der Waals surface area contributed by atoms with Crippen LogP contribution in [0.4, 0.5) is 8.78 Å². The molecule has 0 aliphatic heterocycles. The van der Waals surface area contributed by atoms with Gasteiger partial charge in [0.1, 0.15) is 5.75 Å². The fourth-order valence-corrected chi connectivity index (χ4v) is 2.36. The zero-order valence-electron chi connectivity index (χ0n) is 15.6. The number of carbonyl (C=O) groups excluding carboxylic acids is 1. The molecule has 1 unspecified atom stereocenters. The third-order valence-corrected chi connectivity index (χ3v) is 3.82. The molecule has 0 heterocycles. The predicted molar refractivity (Wildman–Crippen MR) is 102 cm³/mol. The number of ether oxygens (including phenoxy) is 1. The van der Waals surface area contributed by atoms with E-state index in [1.807, 2.05) is 13.8 Å². The average Bonchev–Trinajstić information content (AvgIpc) is 2.64. The summed E-state index contributed by atoms with van der Waals surface area (Å²) in [5.74, 6) is -0.226. The monoisotopic (exact) mass is 374 g/mol. The Hall–Kier alpha value is -2.94. The highest BCUT2D eigenvalue weighted by molar-refractivity contribution is 5.81. The Morgan fingerprint density at radius 3 is 2.67 bits per heavy atom. The Balaban J connectivity index is 2.93. The Morgan fingerprint density at radius 1 is 1.44 bits per heavy atom. The second-order valence-corrected chi connectivity index (χ2v) is 5.98. The molecule has 0 bridgehead atoms. The van der Waals surface area contributed by atoms with Crippen molar-refractivity contribution >= 4 is 5.91 Å². The first kappa shape index (κ1) is 22.1.